The average molecular weight is 579 g/mol. The van der Waals surface area contributed by atoms with Gasteiger partial charge in [-0.2, -0.15) is 0 Å². The van der Waals surface area contributed by atoms with E-state index < -0.39 is 5.97 Å². The first-order valence-electron chi connectivity index (χ1n) is 14.3. The molecular formula is C34H42O8. The van der Waals surface area contributed by atoms with Gasteiger partial charge in [0, 0.05) is 0 Å². The van der Waals surface area contributed by atoms with Gasteiger partial charge in [0.05, 0.1) is 45.0 Å². The van der Waals surface area contributed by atoms with Crippen LogP contribution < -0.4 is 14.2 Å². The molecular weight excluding hydrogens is 536 g/mol. The Labute approximate surface area is 248 Å². The van der Waals surface area contributed by atoms with E-state index in [1.165, 1.54) is 0 Å². The van der Waals surface area contributed by atoms with E-state index in [-0.39, 0.29) is 30.3 Å². The minimum absolute atomic E-state index is 0.103. The lowest BCUT2D eigenvalue weighted by molar-refractivity contribution is -0.153. The number of methoxy groups -OCH3 is 1. The molecule has 226 valence electrons. The van der Waals surface area contributed by atoms with Crippen LogP contribution >= 0.6 is 0 Å². The van der Waals surface area contributed by atoms with Crippen molar-refractivity contribution >= 4 is 11.9 Å². The van der Waals surface area contributed by atoms with Gasteiger partial charge >= 0.3 is 11.9 Å². The topological polar surface area (TPSA) is 89.5 Å². The van der Waals surface area contributed by atoms with Crippen molar-refractivity contribution in [2.45, 2.75) is 27.7 Å². The average Bonchev–Trinajstić information content (AvgIpc) is 2.98. The van der Waals surface area contributed by atoms with Crippen molar-refractivity contribution in [1.82, 2.24) is 0 Å². The Morgan fingerprint density at radius 2 is 1.07 bits per heavy atom. The lowest BCUT2D eigenvalue weighted by Crippen LogP contribution is -2.28. The molecule has 0 saturated carbocycles. The van der Waals surface area contributed by atoms with E-state index in [0.717, 1.165) is 16.9 Å². The summed E-state index contributed by atoms with van der Waals surface area (Å²) >= 11 is 0. The molecule has 0 spiro atoms. The molecule has 0 aliphatic carbocycles. The fourth-order valence-electron chi connectivity index (χ4n) is 4.50. The molecule has 0 aromatic heterocycles. The Balaban J connectivity index is 1.28. The smallest absolute Gasteiger partial charge is 0.343 e. The van der Waals surface area contributed by atoms with Gasteiger partial charge in [-0.1, -0.05) is 52.0 Å². The first kappa shape index (κ1) is 32.6. The monoisotopic (exact) mass is 578 g/mol. The van der Waals surface area contributed by atoms with Crippen molar-refractivity contribution in [3.8, 4) is 28.4 Å². The van der Waals surface area contributed by atoms with Gasteiger partial charge in [-0.05, 0) is 71.5 Å². The molecule has 0 unspecified atom stereocenters. The second-order valence-corrected chi connectivity index (χ2v) is 10.4. The molecule has 3 aromatic carbocycles. The Hall–Kier alpha value is -3.88. The maximum absolute atomic E-state index is 12.6. The minimum atomic E-state index is -0.448. The van der Waals surface area contributed by atoms with Crippen LogP contribution in [0.1, 0.15) is 38.1 Å². The second-order valence-electron chi connectivity index (χ2n) is 10.4. The molecule has 0 heterocycles. The number of carbonyl (C=O) groups excluding carboxylic acids is 2. The molecule has 42 heavy (non-hydrogen) atoms. The summed E-state index contributed by atoms with van der Waals surface area (Å²) in [5.41, 5.74) is 2.47. The normalized spacial score (nSPS) is 11.1. The Bertz CT molecular complexity index is 1210. The van der Waals surface area contributed by atoms with Crippen molar-refractivity contribution in [3.63, 3.8) is 0 Å². The number of carbonyl (C=O) groups is 2. The van der Waals surface area contributed by atoms with Gasteiger partial charge in [0.25, 0.3) is 0 Å². The summed E-state index contributed by atoms with van der Waals surface area (Å²) in [6, 6.07) is 21.9. The number of esters is 2. The van der Waals surface area contributed by atoms with Crippen molar-refractivity contribution in [2.75, 3.05) is 46.8 Å². The lowest BCUT2D eigenvalue weighted by Gasteiger charge is -2.22. The van der Waals surface area contributed by atoms with Gasteiger partial charge in [0.15, 0.2) is 0 Å². The Morgan fingerprint density at radius 3 is 1.60 bits per heavy atom. The van der Waals surface area contributed by atoms with Crippen LogP contribution in [0.2, 0.25) is 0 Å². The van der Waals surface area contributed by atoms with Crippen molar-refractivity contribution in [3.05, 3.63) is 78.4 Å². The van der Waals surface area contributed by atoms with Gasteiger partial charge in [-0.25, -0.2) is 4.79 Å². The highest BCUT2D eigenvalue weighted by Crippen LogP contribution is 2.25. The van der Waals surface area contributed by atoms with E-state index in [0.29, 0.717) is 50.1 Å². The molecule has 8 heteroatoms. The highest BCUT2D eigenvalue weighted by Gasteiger charge is 2.26. The van der Waals surface area contributed by atoms with Crippen molar-refractivity contribution in [1.29, 1.82) is 0 Å². The molecule has 0 aliphatic heterocycles. The summed E-state index contributed by atoms with van der Waals surface area (Å²) in [7, 11) is 1.63. The van der Waals surface area contributed by atoms with Crippen LogP contribution in [0.25, 0.3) is 11.1 Å². The van der Waals surface area contributed by atoms with E-state index in [1.54, 1.807) is 43.5 Å². The van der Waals surface area contributed by atoms with Crippen LogP contribution in [0, 0.1) is 17.8 Å². The lowest BCUT2D eigenvalue weighted by atomic mass is 9.86. The van der Waals surface area contributed by atoms with Crippen molar-refractivity contribution in [2.24, 2.45) is 17.8 Å². The van der Waals surface area contributed by atoms with Crippen LogP contribution in [-0.4, -0.2) is 58.7 Å². The number of benzene rings is 3. The van der Waals surface area contributed by atoms with Crippen LogP contribution in [0.15, 0.2) is 72.8 Å². The summed E-state index contributed by atoms with van der Waals surface area (Å²) in [5, 5.41) is 0. The maximum Gasteiger partial charge on any atom is 0.343 e. The quantitative estimate of drug-likeness (QED) is 0.102. The molecule has 3 rings (SSSR count). The molecule has 0 radical (unpaired) electrons. The fraction of sp³-hybridized carbons (Fsp3) is 0.412. The Morgan fingerprint density at radius 1 is 0.595 bits per heavy atom. The van der Waals surface area contributed by atoms with Gasteiger partial charge in [0.1, 0.15) is 30.5 Å². The summed E-state index contributed by atoms with van der Waals surface area (Å²) in [6.07, 6.45) is 0. The number of hydrogen-bond donors (Lipinski definition) is 0. The summed E-state index contributed by atoms with van der Waals surface area (Å²) in [4.78, 5) is 24.8. The van der Waals surface area contributed by atoms with Crippen LogP contribution in [0.5, 0.6) is 17.2 Å². The van der Waals surface area contributed by atoms with Crippen LogP contribution in [0.3, 0.4) is 0 Å². The first-order chi connectivity index (χ1) is 20.3. The third-order valence-corrected chi connectivity index (χ3v) is 6.63. The van der Waals surface area contributed by atoms with Crippen LogP contribution in [-0.2, 0) is 19.0 Å². The predicted octanol–water partition coefficient (Wildman–Crippen LogP) is 6.46. The number of rotatable bonds is 17. The van der Waals surface area contributed by atoms with Gasteiger partial charge in [-0.3, -0.25) is 4.79 Å². The number of ether oxygens (including phenoxy) is 6. The molecule has 0 aliphatic rings. The van der Waals surface area contributed by atoms with Gasteiger partial charge < -0.3 is 28.4 Å². The standard InChI is InChI=1S/C34H42O8/c1-24(2)32(25(3)4)34(36)41-23-21-39-19-18-38-20-22-40-30-14-10-28(11-15-30)33(35)42-31-16-8-27(9-17-31)26-6-12-29(37-5)13-7-26/h6-17,24-25,32H,18-23H2,1-5H3. The molecule has 3 aromatic rings. The third kappa shape index (κ3) is 10.5. The third-order valence-electron chi connectivity index (χ3n) is 6.63. The molecule has 0 fully saturated rings. The predicted molar refractivity (Wildman–Crippen MR) is 161 cm³/mol. The molecule has 0 amide bonds. The molecule has 0 N–H and O–H groups in total. The zero-order valence-corrected chi connectivity index (χ0v) is 25.2. The second kappa shape index (κ2) is 17.2. The molecule has 0 atom stereocenters. The number of hydrogen-bond acceptors (Lipinski definition) is 8. The van der Waals surface area contributed by atoms with E-state index in [4.69, 9.17) is 28.4 Å². The molecule has 0 saturated heterocycles. The van der Waals surface area contributed by atoms with Crippen LogP contribution in [0.4, 0.5) is 0 Å². The summed E-state index contributed by atoms with van der Waals surface area (Å²) in [6.45, 7) is 10.2. The van der Waals surface area contributed by atoms with E-state index >= 15 is 0 Å². The fourth-order valence-corrected chi connectivity index (χ4v) is 4.50. The van der Waals surface area contributed by atoms with E-state index in [2.05, 4.69) is 0 Å². The summed E-state index contributed by atoms with van der Waals surface area (Å²) < 4.78 is 32.7. The zero-order valence-electron chi connectivity index (χ0n) is 25.2. The van der Waals surface area contributed by atoms with E-state index in [9.17, 15) is 9.59 Å². The van der Waals surface area contributed by atoms with Crippen molar-refractivity contribution < 1.29 is 38.0 Å². The maximum atomic E-state index is 12.6. The molecule has 0 bridgehead atoms. The Kier molecular flexibility index (Phi) is 13.3. The minimum Gasteiger partial charge on any atom is -0.497 e. The first-order valence-corrected chi connectivity index (χ1v) is 14.3. The van der Waals surface area contributed by atoms with E-state index in [1.807, 2.05) is 64.1 Å². The SMILES string of the molecule is COc1ccc(-c2ccc(OC(=O)c3ccc(OCCOCCOCCOC(=O)C(C(C)C)C(C)C)cc3)cc2)cc1. The largest absolute Gasteiger partial charge is 0.497 e. The van der Waals surface area contributed by atoms with Gasteiger partial charge in [0.2, 0.25) is 0 Å². The highest BCUT2D eigenvalue weighted by atomic mass is 16.6. The molecule has 8 nitrogen and oxygen atoms in total. The van der Waals surface area contributed by atoms with Gasteiger partial charge in [-0.15, -0.1) is 0 Å². The zero-order chi connectivity index (χ0) is 30.3. The highest BCUT2D eigenvalue weighted by molar-refractivity contribution is 5.91. The summed E-state index contributed by atoms with van der Waals surface area (Å²) in [5.74, 6) is 1.64.